The van der Waals surface area contributed by atoms with Crippen LogP contribution in [0.1, 0.15) is 0 Å². The molecule has 14 heavy (non-hydrogen) atoms. The third kappa shape index (κ3) is 1160. The molecule has 5 nitrogen and oxygen atoms in total. The van der Waals surface area contributed by atoms with Gasteiger partial charge in [0, 0.05) is 0 Å². The van der Waals surface area contributed by atoms with Crippen LogP contribution in [0.5, 0.6) is 0 Å². The topological polar surface area (TPSA) is 101 Å². The van der Waals surface area contributed by atoms with E-state index in [0.29, 0.717) is 31.5 Å². The molecule has 0 heterocycles. The molecule has 98 valence electrons. The molecule has 5 N–H and O–H groups in total. The van der Waals surface area contributed by atoms with Gasteiger partial charge < -0.3 is 24.0 Å². The number of hydrogen-bond donors (Lipinski definition) is 3. The van der Waals surface area contributed by atoms with E-state index in [1.807, 2.05) is 0 Å². The highest BCUT2D eigenvalue weighted by molar-refractivity contribution is 6.15. The van der Waals surface area contributed by atoms with Crippen molar-refractivity contribution in [1.29, 1.82) is 0 Å². The SMILES string of the molecule is C[SiH3].C[SiH3].O.O[SiH3].O[SiH3].O[SiH3].[SiH3]O[SiH3]. The van der Waals surface area contributed by atoms with Crippen molar-refractivity contribution >= 4 is 72.9 Å². The molecule has 0 aromatic rings. The summed E-state index contributed by atoms with van der Waals surface area (Å²) in [6.07, 6.45) is 0. The maximum absolute atomic E-state index is 7.14. The van der Waals surface area contributed by atoms with Crippen molar-refractivity contribution in [2.24, 2.45) is 0 Å². The van der Waals surface area contributed by atoms with Crippen molar-refractivity contribution in [3.63, 3.8) is 0 Å². The van der Waals surface area contributed by atoms with E-state index >= 15 is 0 Å². The molecule has 0 saturated heterocycles. The Kier molecular flexibility index (Phi) is 1530. The Morgan fingerprint density at radius 1 is 0.643 bits per heavy atom. The largest absolute Gasteiger partial charge is 0.471 e. The Hall–Kier alpha value is 1.32. The van der Waals surface area contributed by atoms with Crippen molar-refractivity contribution in [1.82, 2.24) is 0 Å². The summed E-state index contributed by atoms with van der Waals surface area (Å²) in [4.78, 5) is 21.4. The van der Waals surface area contributed by atoms with Crippen molar-refractivity contribution in [2.45, 2.75) is 13.1 Å². The van der Waals surface area contributed by atoms with Crippen LogP contribution in [-0.2, 0) is 4.12 Å². The van der Waals surface area contributed by atoms with Crippen LogP contribution in [0.4, 0.5) is 0 Å². The van der Waals surface area contributed by atoms with E-state index in [1.165, 1.54) is 20.5 Å². The molecule has 0 radical (unpaired) electrons. The van der Waals surface area contributed by atoms with E-state index in [2.05, 4.69) is 17.2 Å². The van der Waals surface area contributed by atoms with Crippen molar-refractivity contribution < 1.29 is 24.0 Å². The Labute approximate surface area is 110 Å². The summed E-state index contributed by atoms with van der Waals surface area (Å²) in [5, 5.41) is 0. The summed E-state index contributed by atoms with van der Waals surface area (Å²) in [5.74, 6) is 0. The van der Waals surface area contributed by atoms with Crippen molar-refractivity contribution in [3.8, 4) is 0 Å². The molecule has 0 aliphatic rings. The summed E-state index contributed by atoms with van der Waals surface area (Å²) in [6.45, 7) is 4.28. The van der Waals surface area contributed by atoms with Gasteiger partial charge in [0.15, 0.2) is 0 Å². The van der Waals surface area contributed by atoms with Crippen molar-refractivity contribution in [2.75, 3.05) is 0 Å². The van der Waals surface area contributed by atoms with Crippen LogP contribution in [0, 0.1) is 0 Å². The van der Waals surface area contributed by atoms with Gasteiger partial charge in [0.05, 0.1) is 0 Å². The highest BCUT2D eigenvalue weighted by atomic mass is 28.3. The second-order valence-corrected chi connectivity index (χ2v) is 3.67. The lowest BCUT2D eigenvalue weighted by molar-refractivity contribution is 0.628. The molecule has 0 aromatic carbocycles. The third-order valence-corrected chi connectivity index (χ3v) is 0. The summed E-state index contributed by atoms with van der Waals surface area (Å²) in [6, 6.07) is 0. The van der Waals surface area contributed by atoms with Gasteiger partial charge in [-0.25, -0.2) is 0 Å². The van der Waals surface area contributed by atoms with Crippen LogP contribution in [0.15, 0.2) is 0 Å². The van der Waals surface area contributed by atoms with E-state index in [0.717, 1.165) is 21.0 Å². The molecule has 0 fully saturated rings. The molecule has 0 unspecified atom stereocenters. The van der Waals surface area contributed by atoms with Gasteiger partial charge in [0.1, 0.15) is 52.4 Å². The zero-order chi connectivity index (χ0) is 12.7. The Balaban J connectivity index is -0.00000000838. The molecule has 0 bridgehead atoms. The highest BCUT2D eigenvalue weighted by Crippen LogP contribution is 1.20. The Morgan fingerprint density at radius 3 is 0.643 bits per heavy atom. The van der Waals surface area contributed by atoms with Gasteiger partial charge in [0.2, 0.25) is 0 Å². The number of rotatable bonds is 0. The number of hydrogen-bond acceptors (Lipinski definition) is 4. The van der Waals surface area contributed by atoms with E-state index in [4.69, 9.17) is 14.4 Å². The molecule has 0 aliphatic carbocycles. The lowest BCUT2D eigenvalue weighted by atomic mass is 11.9. The van der Waals surface area contributed by atoms with Gasteiger partial charge >= 0.3 is 0 Å². The second kappa shape index (κ2) is 473. The standard InChI is InChI=1S/2CH6Si.H6OSi2.3H4OSi.H2O/c2*1-2;2-1-3;3*1-2;/h2*1-2H3;2-3H3;3*1H,2H3;1H2. The maximum atomic E-state index is 7.14. The van der Waals surface area contributed by atoms with E-state index < -0.39 is 0 Å². The average molecular weight is 333 g/mol. The zero-order valence-electron chi connectivity index (χ0n) is 11.2. The maximum Gasteiger partial charge on any atom is 0.141 e. The monoisotopic (exact) mass is 332 g/mol. The molecule has 0 saturated carbocycles. The molecule has 0 rings (SSSR count). The first kappa shape index (κ1) is 45.4. The molecule has 0 spiro atoms. The van der Waals surface area contributed by atoms with Crippen LogP contribution in [0.2, 0.25) is 13.1 Å². The molecule has 0 atom stereocenters. The molecule has 0 aromatic heterocycles. The first-order valence-electron chi connectivity index (χ1n) is 4.16. The van der Waals surface area contributed by atoms with Crippen molar-refractivity contribution in [3.05, 3.63) is 0 Å². The fraction of sp³-hybridized carbons (Fsp3) is 1.00. The first-order valence-corrected chi connectivity index (χ1v) is 12.5. The summed E-state index contributed by atoms with van der Waals surface area (Å²) in [5.41, 5.74) is 0. The smallest absolute Gasteiger partial charge is 0.141 e. The molecule has 0 aliphatic heterocycles. The van der Waals surface area contributed by atoms with Crippen LogP contribution in [0.25, 0.3) is 0 Å². The fourth-order valence-corrected chi connectivity index (χ4v) is 0. The lowest BCUT2D eigenvalue weighted by Gasteiger charge is -1.62. The summed E-state index contributed by atoms with van der Waals surface area (Å²) < 4.78 is 4.53. The van der Waals surface area contributed by atoms with Crippen LogP contribution in [-0.4, -0.2) is 92.8 Å². The summed E-state index contributed by atoms with van der Waals surface area (Å²) >= 11 is 0. The molecule has 12 heteroatoms. The quantitative estimate of drug-likeness (QED) is 0.383. The van der Waals surface area contributed by atoms with E-state index in [1.54, 1.807) is 0 Å². The molecular weight excluding hydrogens is 301 g/mol. The minimum atomic E-state index is 0. The average Bonchev–Trinajstić information content (AvgIpc) is 2.32. The summed E-state index contributed by atoms with van der Waals surface area (Å²) in [7, 11) is 5.39. The fourth-order valence-electron chi connectivity index (χ4n) is 0. The van der Waals surface area contributed by atoms with Gasteiger partial charge in [-0.3, -0.25) is 0 Å². The van der Waals surface area contributed by atoms with E-state index in [9.17, 15) is 0 Å². The van der Waals surface area contributed by atoms with Crippen LogP contribution in [0.3, 0.4) is 0 Å². The third-order valence-electron chi connectivity index (χ3n) is 0. The van der Waals surface area contributed by atoms with Gasteiger partial charge in [-0.2, -0.15) is 0 Å². The van der Waals surface area contributed by atoms with Gasteiger partial charge in [-0.1, -0.05) is 13.1 Å². The second-order valence-electron chi connectivity index (χ2n) is 0.408. The highest BCUT2D eigenvalue weighted by Gasteiger charge is 1.28. The minimum absolute atomic E-state index is 0. The normalized spacial score (nSPS) is 4.93. The van der Waals surface area contributed by atoms with Gasteiger partial charge in [0.25, 0.3) is 0 Å². The predicted octanol–water partition coefficient (Wildman–Crippen LogP) is -9.68. The lowest BCUT2D eigenvalue weighted by Crippen LogP contribution is -1.65. The van der Waals surface area contributed by atoms with Crippen LogP contribution >= 0.6 is 0 Å². The molecule has 0 amide bonds. The van der Waals surface area contributed by atoms with Gasteiger partial charge in [-0.15, -0.1) is 0 Å². The molecular formula is C2H32O5Si7. The Bertz CT molecular complexity index is 20.0. The van der Waals surface area contributed by atoms with Gasteiger partial charge in [-0.05, 0) is 20.5 Å². The van der Waals surface area contributed by atoms with Crippen LogP contribution < -0.4 is 0 Å². The van der Waals surface area contributed by atoms with E-state index in [-0.39, 0.29) is 5.48 Å². The first-order chi connectivity index (χ1) is 6.41. The zero-order valence-corrected chi connectivity index (χ0v) is 25.2. The predicted molar refractivity (Wildman–Crippen MR) is 92.7 cm³/mol. The Morgan fingerprint density at radius 2 is 0.643 bits per heavy atom. The minimum Gasteiger partial charge on any atom is -0.471 e.